The van der Waals surface area contributed by atoms with Crippen LogP contribution in [0.15, 0.2) is 53.7 Å². The van der Waals surface area contributed by atoms with Gasteiger partial charge < -0.3 is 0 Å². The van der Waals surface area contributed by atoms with Crippen LogP contribution in [0.1, 0.15) is 37.2 Å². The number of aryl methyl sites for hydroxylation is 1. The molecule has 0 fully saturated rings. The minimum absolute atomic E-state index is 0.217. The van der Waals surface area contributed by atoms with Crippen molar-refractivity contribution in [1.29, 1.82) is 0 Å². The third-order valence-electron chi connectivity index (χ3n) is 5.77. The highest BCUT2D eigenvalue weighted by Crippen LogP contribution is 2.35. The zero-order chi connectivity index (χ0) is 23.8. The summed E-state index contributed by atoms with van der Waals surface area (Å²) in [7, 11) is -3.95. The summed E-state index contributed by atoms with van der Waals surface area (Å²) < 4.78 is 58.0. The molecule has 0 aliphatic heterocycles. The molecule has 0 aliphatic rings. The number of halogens is 2. The number of benzene rings is 2. The van der Waals surface area contributed by atoms with Crippen LogP contribution in [-0.4, -0.2) is 28.0 Å². The van der Waals surface area contributed by atoms with E-state index in [0.717, 1.165) is 18.6 Å². The first kappa shape index (κ1) is 23.0. The van der Waals surface area contributed by atoms with Gasteiger partial charge in [0.15, 0.2) is 9.84 Å². The van der Waals surface area contributed by atoms with Gasteiger partial charge in [0.05, 0.1) is 27.6 Å². The normalized spacial score (nSPS) is 12.9. The molecule has 1 unspecified atom stereocenters. The fourth-order valence-electron chi connectivity index (χ4n) is 3.86. The Morgan fingerprint density at radius 2 is 1.73 bits per heavy atom. The molecule has 4 aromatic rings. The maximum absolute atomic E-state index is 15.4. The largest absolute Gasteiger partial charge is 0.252 e. The standard InChI is InChI=1S/C24H24F2N4O2S/c1-4-15(2)10-21-22(16(3)29-24-27-14-28-30(21)24)23-19(25)11-18(12-20(23)26)33(31,32)13-17-8-6-5-7-9-17/h5-9,11-12,14-15H,4,10,13H2,1-3H3. The molecule has 2 aromatic carbocycles. The summed E-state index contributed by atoms with van der Waals surface area (Å²) in [5, 5.41) is 4.20. The van der Waals surface area contributed by atoms with E-state index in [9.17, 15) is 8.42 Å². The molecule has 0 saturated carbocycles. The SMILES string of the molecule is CCC(C)Cc1c(-c2c(F)cc(S(=O)(=O)Cc3ccccc3)cc2F)c(C)nc2ncnn12. The topological polar surface area (TPSA) is 77.2 Å². The van der Waals surface area contributed by atoms with E-state index in [-0.39, 0.29) is 22.8 Å². The average Bonchev–Trinajstić information content (AvgIpc) is 3.23. The van der Waals surface area contributed by atoms with Gasteiger partial charge in [-0.3, -0.25) is 0 Å². The van der Waals surface area contributed by atoms with Crippen LogP contribution in [-0.2, 0) is 22.0 Å². The summed E-state index contributed by atoms with van der Waals surface area (Å²) in [6, 6.07) is 10.3. The molecule has 4 rings (SSSR count). The minimum atomic E-state index is -3.95. The van der Waals surface area contributed by atoms with Crippen molar-refractivity contribution in [2.24, 2.45) is 5.92 Å². The Morgan fingerprint density at radius 3 is 2.36 bits per heavy atom. The molecule has 6 nitrogen and oxygen atoms in total. The first-order valence-corrected chi connectivity index (χ1v) is 12.3. The lowest BCUT2D eigenvalue weighted by Gasteiger charge is -2.18. The van der Waals surface area contributed by atoms with Crippen molar-refractivity contribution >= 4 is 15.6 Å². The quantitative estimate of drug-likeness (QED) is 0.382. The van der Waals surface area contributed by atoms with Gasteiger partial charge in [-0.05, 0) is 37.0 Å². The summed E-state index contributed by atoms with van der Waals surface area (Å²) in [6.07, 6.45) is 2.71. The van der Waals surface area contributed by atoms with E-state index < -0.39 is 26.4 Å². The van der Waals surface area contributed by atoms with Crippen LogP contribution in [0.5, 0.6) is 0 Å². The van der Waals surface area contributed by atoms with Crippen LogP contribution in [0.4, 0.5) is 8.78 Å². The molecule has 1 atom stereocenters. The van der Waals surface area contributed by atoms with Crippen molar-refractivity contribution in [3.63, 3.8) is 0 Å². The molecule has 0 amide bonds. The van der Waals surface area contributed by atoms with Crippen LogP contribution < -0.4 is 0 Å². The number of aromatic nitrogens is 4. The fourth-order valence-corrected chi connectivity index (χ4v) is 5.22. The van der Waals surface area contributed by atoms with Gasteiger partial charge in [0.25, 0.3) is 5.78 Å². The second kappa shape index (κ2) is 8.97. The van der Waals surface area contributed by atoms with Gasteiger partial charge in [-0.1, -0.05) is 50.6 Å². The lowest BCUT2D eigenvalue weighted by atomic mass is 9.94. The lowest BCUT2D eigenvalue weighted by molar-refractivity contribution is 0.541. The van der Waals surface area contributed by atoms with E-state index in [1.54, 1.807) is 37.3 Å². The Morgan fingerprint density at radius 1 is 1.06 bits per heavy atom. The van der Waals surface area contributed by atoms with Gasteiger partial charge in [-0.25, -0.2) is 26.7 Å². The fraction of sp³-hybridized carbons (Fsp3) is 0.292. The van der Waals surface area contributed by atoms with Gasteiger partial charge in [-0.2, -0.15) is 10.1 Å². The van der Waals surface area contributed by atoms with E-state index in [4.69, 9.17) is 0 Å². The van der Waals surface area contributed by atoms with Gasteiger partial charge in [0.1, 0.15) is 18.0 Å². The van der Waals surface area contributed by atoms with Crippen molar-refractivity contribution in [2.45, 2.75) is 44.3 Å². The Bertz CT molecular complexity index is 1400. The molecule has 0 N–H and O–H groups in total. The van der Waals surface area contributed by atoms with E-state index >= 15 is 8.78 Å². The number of rotatable bonds is 7. The average molecular weight is 471 g/mol. The zero-order valence-electron chi connectivity index (χ0n) is 18.6. The number of sulfone groups is 1. The zero-order valence-corrected chi connectivity index (χ0v) is 19.4. The highest BCUT2D eigenvalue weighted by atomic mass is 32.2. The predicted molar refractivity (Wildman–Crippen MR) is 121 cm³/mol. The van der Waals surface area contributed by atoms with Crippen molar-refractivity contribution in [1.82, 2.24) is 19.6 Å². The van der Waals surface area contributed by atoms with Gasteiger partial charge in [0, 0.05) is 5.56 Å². The Hall–Kier alpha value is -3.20. The van der Waals surface area contributed by atoms with E-state index in [1.807, 2.05) is 13.8 Å². The van der Waals surface area contributed by atoms with Crippen molar-refractivity contribution in [2.75, 3.05) is 0 Å². The van der Waals surface area contributed by atoms with Crippen LogP contribution in [0.2, 0.25) is 0 Å². The number of hydrogen-bond acceptors (Lipinski definition) is 5. The van der Waals surface area contributed by atoms with E-state index in [1.165, 1.54) is 10.8 Å². The highest BCUT2D eigenvalue weighted by molar-refractivity contribution is 7.90. The molecule has 2 heterocycles. The molecule has 0 spiro atoms. The van der Waals surface area contributed by atoms with Crippen molar-refractivity contribution in [3.05, 3.63) is 77.4 Å². The molecule has 33 heavy (non-hydrogen) atoms. The second-order valence-corrected chi connectivity index (χ2v) is 10.2. The summed E-state index contributed by atoms with van der Waals surface area (Å²) in [6.45, 7) is 5.72. The van der Waals surface area contributed by atoms with Gasteiger partial charge in [0.2, 0.25) is 0 Å². The monoisotopic (exact) mass is 470 g/mol. The lowest BCUT2D eigenvalue weighted by Crippen LogP contribution is -2.12. The molecule has 0 bridgehead atoms. The predicted octanol–water partition coefficient (Wildman–Crippen LogP) is 4.94. The molecule has 2 aromatic heterocycles. The number of nitrogens with zero attached hydrogens (tertiary/aromatic N) is 4. The Kier molecular flexibility index (Phi) is 6.25. The summed E-state index contributed by atoms with van der Waals surface area (Å²) in [5.41, 5.74) is 1.48. The van der Waals surface area contributed by atoms with Crippen LogP contribution in [0.3, 0.4) is 0 Å². The maximum atomic E-state index is 15.4. The second-order valence-electron chi connectivity index (χ2n) is 8.21. The van der Waals surface area contributed by atoms with E-state index in [0.29, 0.717) is 29.1 Å². The summed E-state index contributed by atoms with van der Waals surface area (Å²) in [4.78, 5) is 8.06. The first-order chi connectivity index (χ1) is 15.7. The molecule has 0 radical (unpaired) electrons. The third kappa shape index (κ3) is 4.50. The molecular formula is C24H24F2N4O2S. The number of hydrogen-bond donors (Lipinski definition) is 0. The highest BCUT2D eigenvalue weighted by Gasteiger charge is 2.26. The summed E-state index contributed by atoms with van der Waals surface area (Å²) in [5.74, 6) is -1.71. The smallest absolute Gasteiger partial charge is 0.223 e. The van der Waals surface area contributed by atoms with Gasteiger partial charge in [-0.15, -0.1) is 0 Å². The van der Waals surface area contributed by atoms with Gasteiger partial charge >= 0.3 is 0 Å². The van der Waals surface area contributed by atoms with Crippen molar-refractivity contribution in [3.8, 4) is 11.1 Å². The minimum Gasteiger partial charge on any atom is -0.223 e. The third-order valence-corrected chi connectivity index (χ3v) is 7.43. The number of fused-ring (bicyclic) bond motifs is 1. The molecular weight excluding hydrogens is 446 g/mol. The van der Waals surface area contributed by atoms with E-state index in [2.05, 4.69) is 15.1 Å². The van der Waals surface area contributed by atoms with Crippen molar-refractivity contribution < 1.29 is 17.2 Å². The Labute approximate surface area is 191 Å². The Balaban J connectivity index is 1.86. The van der Waals surface area contributed by atoms with Crippen LogP contribution in [0, 0.1) is 24.5 Å². The molecule has 0 saturated heterocycles. The molecule has 9 heteroatoms. The summed E-state index contributed by atoms with van der Waals surface area (Å²) >= 11 is 0. The maximum Gasteiger partial charge on any atom is 0.252 e. The first-order valence-electron chi connectivity index (χ1n) is 10.7. The molecule has 0 aliphatic carbocycles. The van der Waals surface area contributed by atoms with Crippen LogP contribution in [0.25, 0.3) is 16.9 Å². The molecule has 172 valence electrons. The van der Waals surface area contributed by atoms with Crippen LogP contribution >= 0.6 is 0 Å².